The van der Waals surface area contributed by atoms with Crippen molar-refractivity contribution in [3.63, 3.8) is 0 Å². The molecule has 2 fully saturated rings. The lowest BCUT2D eigenvalue weighted by molar-refractivity contribution is 0.426. The number of anilines is 3. The lowest BCUT2D eigenvalue weighted by Gasteiger charge is -2.32. The van der Waals surface area contributed by atoms with Crippen LogP contribution in [-0.2, 0) is 0 Å². The van der Waals surface area contributed by atoms with Crippen molar-refractivity contribution in [2.75, 3.05) is 40.1 Å². The second-order valence-corrected chi connectivity index (χ2v) is 10.3. The normalized spacial score (nSPS) is 21.5. The molecule has 3 heterocycles. The van der Waals surface area contributed by atoms with Gasteiger partial charge in [-0.25, -0.2) is 4.98 Å². The Morgan fingerprint density at radius 3 is 2.69 bits per heavy atom. The minimum absolute atomic E-state index is 0.357. The molecule has 1 aliphatic heterocycles. The zero-order valence-corrected chi connectivity index (χ0v) is 19.9. The van der Waals surface area contributed by atoms with Crippen LogP contribution in [0.2, 0.25) is 5.02 Å². The van der Waals surface area contributed by atoms with E-state index in [1.165, 1.54) is 6.42 Å². The zero-order chi connectivity index (χ0) is 21.9. The SMILES string of the molecule is Cc1cc(N2CCSCC2)nc(NC2CCCC(Nc3ccnc4cc(Cl)ccc34)C2)n1. The maximum absolute atomic E-state index is 6.15. The molecule has 0 radical (unpaired) electrons. The van der Waals surface area contributed by atoms with E-state index < -0.39 is 0 Å². The smallest absolute Gasteiger partial charge is 0.225 e. The highest BCUT2D eigenvalue weighted by Crippen LogP contribution is 2.29. The van der Waals surface area contributed by atoms with Gasteiger partial charge in [-0.3, -0.25) is 4.98 Å². The highest BCUT2D eigenvalue weighted by molar-refractivity contribution is 7.99. The van der Waals surface area contributed by atoms with Crippen LogP contribution in [0, 0.1) is 6.92 Å². The average molecular weight is 469 g/mol. The number of benzene rings is 1. The van der Waals surface area contributed by atoms with Crippen LogP contribution >= 0.6 is 23.4 Å². The topological polar surface area (TPSA) is 66.0 Å². The highest BCUT2D eigenvalue weighted by atomic mass is 35.5. The summed E-state index contributed by atoms with van der Waals surface area (Å²) in [6.45, 7) is 4.17. The molecule has 1 aliphatic carbocycles. The molecule has 2 aliphatic rings. The molecule has 1 saturated heterocycles. The third-order valence-electron chi connectivity index (χ3n) is 6.25. The van der Waals surface area contributed by atoms with E-state index >= 15 is 0 Å². The standard InChI is InChI=1S/C24H29ClN6S/c1-16-13-23(31-9-11-32-12-10-31)30-24(27-16)29-19-4-2-3-18(15-19)28-21-7-8-26-22-14-17(25)5-6-20(21)22/h5-8,13-14,18-19H,2-4,9-12,15H2,1H3,(H,26,28)(H,27,29,30). The summed E-state index contributed by atoms with van der Waals surface area (Å²) in [6, 6.07) is 10.8. The molecular weight excluding hydrogens is 440 g/mol. The van der Waals surface area contributed by atoms with Gasteiger partial charge in [0.1, 0.15) is 5.82 Å². The number of halogens is 1. The van der Waals surface area contributed by atoms with E-state index in [0.717, 1.165) is 77.9 Å². The van der Waals surface area contributed by atoms with Crippen LogP contribution in [0.15, 0.2) is 36.5 Å². The molecule has 0 spiro atoms. The minimum Gasteiger partial charge on any atom is -0.382 e. The van der Waals surface area contributed by atoms with Crippen molar-refractivity contribution in [1.82, 2.24) is 15.0 Å². The number of hydrogen-bond donors (Lipinski definition) is 2. The van der Waals surface area contributed by atoms with Gasteiger partial charge in [-0.1, -0.05) is 11.6 Å². The van der Waals surface area contributed by atoms with E-state index in [0.29, 0.717) is 17.1 Å². The molecule has 0 bridgehead atoms. The van der Waals surface area contributed by atoms with Crippen molar-refractivity contribution < 1.29 is 0 Å². The van der Waals surface area contributed by atoms with Crippen molar-refractivity contribution in [2.45, 2.75) is 44.7 Å². The van der Waals surface area contributed by atoms with Gasteiger partial charge in [-0.05, 0) is 56.9 Å². The summed E-state index contributed by atoms with van der Waals surface area (Å²) in [7, 11) is 0. The molecule has 0 amide bonds. The Kier molecular flexibility index (Phi) is 6.55. The predicted octanol–water partition coefficient (Wildman–Crippen LogP) is 5.38. The number of thioether (sulfide) groups is 1. The first kappa shape index (κ1) is 21.6. The lowest BCUT2D eigenvalue weighted by Crippen LogP contribution is -2.36. The second kappa shape index (κ2) is 9.71. The van der Waals surface area contributed by atoms with Crippen LogP contribution in [0.25, 0.3) is 10.9 Å². The van der Waals surface area contributed by atoms with Crippen LogP contribution in [0.1, 0.15) is 31.4 Å². The fourth-order valence-corrected chi connectivity index (χ4v) is 5.74. The van der Waals surface area contributed by atoms with E-state index in [1.807, 2.05) is 36.2 Å². The first-order valence-electron chi connectivity index (χ1n) is 11.4. The first-order valence-corrected chi connectivity index (χ1v) is 12.9. The van der Waals surface area contributed by atoms with Gasteiger partial charge < -0.3 is 15.5 Å². The van der Waals surface area contributed by atoms with Gasteiger partial charge in [0.25, 0.3) is 0 Å². The fourth-order valence-electron chi connectivity index (χ4n) is 4.67. The van der Waals surface area contributed by atoms with Crippen molar-refractivity contribution >= 4 is 51.7 Å². The van der Waals surface area contributed by atoms with Gasteiger partial charge in [0.05, 0.1) is 5.52 Å². The van der Waals surface area contributed by atoms with Crippen molar-refractivity contribution in [1.29, 1.82) is 0 Å². The van der Waals surface area contributed by atoms with E-state index in [2.05, 4.69) is 44.6 Å². The van der Waals surface area contributed by atoms with Crippen molar-refractivity contribution in [3.05, 3.63) is 47.2 Å². The Balaban J connectivity index is 1.27. The quantitative estimate of drug-likeness (QED) is 0.521. The predicted molar refractivity (Wildman–Crippen MR) is 136 cm³/mol. The summed E-state index contributed by atoms with van der Waals surface area (Å²) in [6.07, 6.45) is 6.34. The van der Waals surface area contributed by atoms with E-state index in [1.54, 1.807) is 0 Å². The average Bonchev–Trinajstić information content (AvgIpc) is 2.79. The maximum atomic E-state index is 6.15. The van der Waals surface area contributed by atoms with Gasteiger partial charge in [-0.2, -0.15) is 16.7 Å². The monoisotopic (exact) mass is 468 g/mol. The second-order valence-electron chi connectivity index (χ2n) is 8.66. The van der Waals surface area contributed by atoms with Crippen molar-refractivity contribution in [2.24, 2.45) is 0 Å². The van der Waals surface area contributed by atoms with Gasteiger partial charge in [0.15, 0.2) is 0 Å². The molecule has 6 nitrogen and oxygen atoms in total. The summed E-state index contributed by atoms with van der Waals surface area (Å²) in [5.41, 5.74) is 3.06. The molecule has 1 saturated carbocycles. The number of aromatic nitrogens is 3. The van der Waals surface area contributed by atoms with Crippen LogP contribution < -0.4 is 15.5 Å². The number of rotatable bonds is 5. The van der Waals surface area contributed by atoms with E-state index in [-0.39, 0.29) is 0 Å². The Labute approximate surface area is 198 Å². The number of nitrogens with zero attached hydrogens (tertiary/aromatic N) is 4. The summed E-state index contributed by atoms with van der Waals surface area (Å²) in [5, 5.41) is 9.22. The summed E-state index contributed by atoms with van der Waals surface area (Å²) < 4.78 is 0. The molecular formula is C24H29ClN6S. The molecule has 2 aromatic heterocycles. The van der Waals surface area contributed by atoms with Crippen LogP contribution in [0.4, 0.5) is 17.5 Å². The van der Waals surface area contributed by atoms with Crippen molar-refractivity contribution in [3.8, 4) is 0 Å². The van der Waals surface area contributed by atoms with Gasteiger partial charge in [0, 0.05) is 70.7 Å². The fraction of sp³-hybridized carbons (Fsp3) is 0.458. The van der Waals surface area contributed by atoms with Crippen LogP contribution in [0.5, 0.6) is 0 Å². The largest absolute Gasteiger partial charge is 0.382 e. The molecule has 2 atom stereocenters. The summed E-state index contributed by atoms with van der Waals surface area (Å²) in [4.78, 5) is 16.4. The Morgan fingerprint density at radius 2 is 1.84 bits per heavy atom. The number of nitrogens with one attached hydrogen (secondary N) is 2. The molecule has 2 N–H and O–H groups in total. The van der Waals surface area contributed by atoms with Gasteiger partial charge >= 0.3 is 0 Å². The Morgan fingerprint density at radius 1 is 1.03 bits per heavy atom. The third kappa shape index (κ3) is 5.04. The molecule has 5 rings (SSSR count). The van der Waals surface area contributed by atoms with Gasteiger partial charge in [0.2, 0.25) is 5.95 Å². The first-order chi connectivity index (χ1) is 15.6. The summed E-state index contributed by atoms with van der Waals surface area (Å²) >= 11 is 8.16. The summed E-state index contributed by atoms with van der Waals surface area (Å²) in [5.74, 6) is 4.13. The Hall–Kier alpha value is -2.25. The number of aryl methyl sites for hydroxylation is 1. The molecule has 1 aromatic carbocycles. The maximum Gasteiger partial charge on any atom is 0.225 e. The van der Waals surface area contributed by atoms with E-state index in [4.69, 9.17) is 16.6 Å². The number of hydrogen-bond acceptors (Lipinski definition) is 7. The number of pyridine rings is 1. The van der Waals surface area contributed by atoms with Crippen LogP contribution in [-0.4, -0.2) is 51.6 Å². The highest BCUT2D eigenvalue weighted by Gasteiger charge is 2.24. The number of fused-ring (bicyclic) bond motifs is 1. The Bertz CT molecular complexity index is 1090. The van der Waals surface area contributed by atoms with E-state index in [9.17, 15) is 0 Å². The zero-order valence-electron chi connectivity index (χ0n) is 18.4. The molecule has 3 aromatic rings. The molecule has 32 heavy (non-hydrogen) atoms. The molecule has 168 valence electrons. The minimum atomic E-state index is 0.357. The van der Waals surface area contributed by atoms with Crippen LogP contribution in [0.3, 0.4) is 0 Å². The molecule has 8 heteroatoms. The lowest BCUT2D eigenvalue weighted by atomic mass is 9.90. The van der Waals surface area contributed by atoms with Gasteiger partial charge in [-0.15, -0.1) is 0 Å². The molecule has 2 unspecified atom stereocenters. The third-order valence-corrected chi connectivity index (χ3v) is 7.43.